The Morgan fingerprint density at radius 3 is 2.19 bits per heavy atom. The van der Waals surface area contributed by atoms with Crippen LogP contribution in [0.1, 0.15) is 25.5 Å². The van der Waals surface area contributed by atoms with Crippen LogP contribution in [0, 0.1) is 11.6 Å². The predicted molar refractivity (Wildman–Crippen MR) is 96.1 cm³/mol. The average molecular weight is 382 g/mol. The van der Waals surface area contributed by atoms with Crippen molar-refractivity contribution < 1.29 is 22.0 Å². The Morgan fingerprint density at radius 1 is 1.04 bits per heavy atom. The van der Waals surface area contributed by atoms with E-state index in [0.717, 1.165) is 34.3 Å². The van der Waals surface area contributed by atoms with Gasteiger partial charge in [0.25, 0.3) is 0 Å². The van der Waals surface area contributed by atoms with E-state index in [1.54, 1.807) is 6.92 Å². The van der Waals surface area contributed by atoms with Gasteiger partial charge in [-0.15, -0.1) is 0 Å². The van der Waals surface area contributed by atoms with Crippen molar-refractivity contribution in [3.63, 3.8) is 0 Å². The van der Waals surface area contributed by atoms with E-state index < -0.39 is 33.6 Å². The molecule has 2 unspecified atom stereocenters. The van der Waals surface area contributed by atoms with Gasteiger partial charge in [0.1, 0.15) is 6.04 Å². The van der Waals surface area contributed by atoms with Crippen LogP contribution in [0.2, 0.25) is 0 Å². The van der Waals surface area contributed by atoms with Gasteiger partial charge >= 0.3 is 0 Å². The second-order valence-corrected chi connectivity index (χ2v) is 7.83. The molecule has 0 radical (unpaired) electrons. The molecule has 0 heterocycles. The molecule has 5 nitrogen and oxygen atoms in total. The summed E-state index contributed by atoms with van der Waals surface area (Å²) >= 11 is 0. The molecule has 0 bridgehead atoms. The summed E-state index contributed by atoms with van der Waals surface area (Å²) in [4.78, 5) is 12.6. The Labute approximate surface area is 151 Å². The number of benzene rings is 2. The lowest BCUT2D eigenvalue weighted by Crippen LogP contribution is -2.48. The maximum atomic E-state index is 13.5. The van der Waals surface area contributed by atoms with E-state index in [-0.39, 0.29) is 11.7 Å². The van der Waals surface area contributed by atoms with Crippen LogP contribution in [0.4, 0.5) is 14.5 Å². The molecule has 0 aromatic heterocycles. The van der Waals surface area contributed by atoms with Crippen molar-refractivity contribution in [2.75, 3.05) is 10.6 Å². The molecule has 1 amide bonds. The number of anilines is 1. The summed E-state index contributed by atoms with van der Waals surface area (Å²) in [6.45, 7) is 3.15. The van der Waals surface area contributed by atoms with E-state index in [1.165, 1.54) is 6.92 Å². The number of carbonyl (C=O) groups excluding carboxylic acids is 1. The highest BCUT2D eigenvalue weighted by molar-refractivity contribution is 7.92. The number of halogens is 2. The van der Waals surface area contributed by atoms with Gasteiger partial charge in [-0.2, -0.15) is 0 Å². The largest absolute Gasteiger partial charge is 0.348 e. The van der Waals surface area contributed by atoms with Gasteiger partial charge in [0.05, 0.1) is 18.0 Å². The normalized spacial score (nSPS) is 13.7. The van der Waals surface area contributed by atoms with Crippen LogP contribution < -0.4 is 9.62 Å². The molecule has 0 fully saturated rings. The number of carbonyl (C=O) groups is 1. The molecule has 0 saturated carbocycles. The van der Waals surface area contributed by atoms with E-state index >= 15 is 0 Å². The van der Waals surface area contributed by atoms with Gasteiger partial charge in [-0.25, -0.2) is 17.2 Å². The monoisotopic (exact) mass is 382 g/mol. The predicted octanol–water partition coefficient (Wildman–Crippen LogP) is 3.00. The number of hydrogen-bond acceptors (Lipinski definition) is 3. The summed E-state index contributed by atoms with van der Waals surface area (Å²) in [5, 5.41) is 2.73. The number of sulfonamides is 1. The number of rotatable bonds is 6. The van der Waals surface area contributed by atoms with Crippen molar-refractivity contribution in [3.05, 3.63) is 65.7 Å². The lowest BCUT2D eigenvalue weighted by atomic mass is 10.1. The summed E-state index contributed by atoms with van der Waals surface area (Å²) in [7, 11) is -3.91. The second-order valence-electron chi connectivity index (χ2n) is 5.97. The molecule has 0 spiro atoms. The molecule has 0 aliphatic carbocycles. The minimum Gasteiger partial charge on any atom is -0.348 e. The molecule has 0 saturated heterocycles. The minimum atomic E-state index is -3.91. The quantitative estimate of drug-likeness (QED) is 0.835. The van der Waals surface area contributed by atoms with E-state index in [9.17, 15) is 22.0 Å². The Morgan fingerprint density at radius 2 is 1.65 bits per heavy atom. The van der Waals surface area contributed by atoms with Crippen LogP contribution in [-0.4, -0.2) is 26.6 Å². The molecule has 26 heavy (non-hydrogen) atoms. The van der Waals surface area contributed by atoms with E-state index in [2.05, 4.69) is 5.32 Å². The van der Waals surface area contributed by atoms with Gasteiger partial charge in [-0.05, 0) is 31.5 Å². The number of nitrogens with one attached hydrogen (secondary N) is 1. The molecule has 2 rings (SSSR count). The molecule has 2 aromatic carbocycles. The summed E-state index contributed by atoms with van der Waals surface area (Å²) in [5.41, 5.74) is 0.730. The Bertz CT molecular complexity index is 889. The number of nitrogens with zero attached hydrogens (tertiary/aromatic N) is 1. The first-order chi connectivity index (χ1) is 12.1. The van der Waals surface area contributed by atoms with E-state index in [1.807, 2.05) is 30.3 Å². The third kappa shape index (κ3) is 4.57. The Balaban J connectivity index is 2.27. The first kappa shape index (κ1) is 19.8. The smallest absolute Gasteiger partial charge is 0.244 e. The zero-order valence-electron chi connectivity index (χ0n) is 14.6. The molecular weight excluding hydrogens is 362 g/mol. The highest BCUT2D eigenvalue weighted by atomic mass is 32.2. The van der Waals surface area contributed by atoms with Gasteiger partial charge < -0.3 is 5.32 Å². The third-order valence-electron chi connectivity index (χ3n) is 3.90. The molecule has 2 aromatic rings. The first-order valence-electron chi connectivity index (χ1n) is 7.91. The second kappa shape index (κ2) is 7.82. The molecule has 0 aliphatic rings. The van der Waals surface area contributed by atoms with Crippen LogP contribution in [0.15, 0.2) is 48.5 Å². The molecule has 8 heteroatoms. The fourth-order valence-electron chi connectivity index (χ4n) is 2.59. The molecule has 1 N–H and O–H groups in total. The molecule has 0 aliphatic heterocycles. The van der Waals surface area contributed by atoms with Gasteiger partial charge in [0.15, 0.2) is 11.6 Å². The van der Waals surface area contributed by atoms with Crippen LogP contribution in [0.5, 0.6) is 0 Å². The van der Waals surface area contributed by atoms with E-state index in [4.69, 9.17) is 0 Å². The van der Waals surface area contributed by atoms with Crippen molar-refractivity contribution in [2.45, 2.75) is 25.9 Å². The summed E-state index contributed by atoms with van der Waals surface area (Å²) in [5.74, 6) is -2.85. The maximum Gasteiger partial charge on any atom is 0.244 e. The van der Waals surface area contributed by atoms with Crippen LogP contribution in [0.3, 0.4) is 0 Å². The first-order valence-corrected chi connectivity index (χ1v) is 9.76. The minimum absolute atomic E-state index is 0.124. The van der Waals surface area contributed by atoms with E-state index in [0.29, 0.717) is 0 Å². The van der Waals surface area contributed by atoms with Crippen molar-refractivity contribution in [3.8, 4) is 0 Å². The SMILES string of the molecule is CC(NC(=O)C(C)N(c1ccc(F)c(F)c1)S(C)(=O)=O)c1ccccc1. The van der Waals surface area contributed by atoms with Gasteiger partial charge in [-0.3, -0.25) is 9.10 Å². The molecule has 2 atom stereocenters. The van der Waals surface area contributed by atoms with Gasteiger partial charge in [0.2, 0.25) is 15.9 Å². The van der Waals surface area contributed by atoms with Crippen molar-refractivity contribution in [2.24, 2.45) is 0 Å². The molecular formula is C18H20F2N2O3S. The van der Waals surface area contributed by atoms with Crippen LogP contribution in [0.25, 0.3) is 0 Å². The fraction of sp³-hybridized carbons (Fsp3) is 0.278. The highest BCUT2D eigenvalue weighted by Gasteiger charge is 2.30. The zero-order chi connectivity index (χ0) is 19.5. The zero-order valence-corrected chi connectivity index (χ0v) is 15.4. The average Bonchev–Trinajstić information content (AvgIpc) is 2.57. The summed E-state index contributed by atoms with van der Waals surface area (Å²) < 4.78 is 51.8. The standard InChI is InChI=1S/C18H20F2N2O3S/c1-12(14-7-5-4-6-8-14)21-18(23)13(2)22(26(3,24)25)15-9-10-16(19)17(20)11-15/h4-13H,1-3H3,(H,21,23). The Kier molecular flexibility index (Phi) is 5.97. The summed E-state index contributed by atoms with van der Waals surface area (Å²) in [6.07, 6.45) is 0.901. The number of amides is 1. The van der Waals surface area contributed by atoms with Crippen molar-refractivity contribution in [1.82, 2.24) is 5.32 Å². The third-order valence-corrected chi connectivity index (χ3v) is 5.15. The van der Waals surface area contributed by atoms with Crippen LogP contribution >= 0.6 is 0 Å². The maximum absolute atomic E-state index is 13.5. The van der Waals surface area contributed by atoms with Gasteiger partial charge in [0, 0.05) is 6.07 Å². The Hall–Kier alpha value is -2.48. The topological polar surface area (TPSA) is 66.5 Å². The lowest BCUT2D eigenvalue weighted by Gasteiger charge is -2.29. The summed E-state index contributed by atoms with van der Waals surface area (Å²) in [6, 6.07) is 10.3. The highest BCUT2D eigenvalue weighted by Crippen LogP contribution is 2.23. The van der Waals surface area contributed by atoms with Crippen LogP contribution in [-0.2, 0) is 14.8 Å². The van der Waals surface area contributed by atoms with Crippen molar-refractivity contribution in [1.29, 1.82) is 0 Å². The van der Waals surface area contributed by atoms with Crippen molar-refractivity contribution >= 4 is 21.6 Å². The molecule has 140 valence electrons. The lowest BCUT2D eigenvalue weighted by molar-refractivity contribution is -0.122. The number of hydrogen-bond donors (Lipinski definition) is 1. The van der Waals surface area contributed by atoms with Gasteiger partial charge in [-0.1, -0.05) is 30.3 Å². The fourth-order valence-corrected chi connectivity index (χ4v) is 3.76.